The predicted octanol–water partition coefficient (Wildman–Crippen LogP) is 3.78. The molecule has 2 aliphatic rings. The van der Waals surface area contributed by atoms with Crippen LogP contribution in [0.2, 0.25) is 0 Å². The van der Waals surface area contributed by atoms with Crippen molar-refractivity contribution in [1.82, 2.24) is 14.6 Å². The zero-order valence-electron chi connectivity index (χ0n) is 23.6. The van der Waals surface area contributed by atoms with E-state index in [9.17, 15) is 19.2 Å². The van der Waals surface area contributed by atoms with E-state index in [1.54, 1.807) is 48.5 Å². The van der Waals surface area contributed by atoms with Gasteiger partial charge in [0, 0.05) is 31.2 Å². The Hall–Kier alpha value is -3.57. The Labute approximate surface area is 226 Å². The number of alkyl carbamates (subject to hydrolysis) is 1. The topological polar surface area (TPSA) is 124 Å². The monoisotopic (exact) mass is 547 g/mol. The van der Waals surface area contributed by atoms with Crippen LogP contribution < -0.4 is 26.9 Å². The fraction of sp³-hybridized carbons (Fsp3) is 0.630. The van der Waals surface area contributed by atoms with Crippen LogP contribution in [0.1, 0.15) is 72.4 Å². The van der Waals surface area contributed by atoms with Gasteiger partial charge >= 0.3 is 17.9 Å². The number of carbonyl (C=O) groups excluding carboxylic acids is 2. The summed E-state index contributed by atoms with van der Waals surface area (Å²) in [5.74, 6) is -0.522. The average Bonchev–Trinajstić information content (AvgIpc) is 3.51. The number of aryl methyl sites for hydroxylation is 1. The summed E-state index contributed by atoms with van der Waals surface area (Å²) in [5.41, 5.74) is 0.432. The van der Waals surface area contributed by atoms with E-state index in [0.717, 1.165) is 25.3 Å². The van der Waals surface area contributed by atoms with E-state index in [2.05, 4.69) is 10.7 Å². The van der Waals surface area contributed by atoms with Crippen molar-refractivity contribution in [3.63, 3.8) is 0 Å². The number of aromatic nitrogens is 2. The van der Waals surface area contributed by atoms with Crippen molar-refractivity contribution in [2.45, 2.75) is 85.0 Å². The molecule has 2 aromatic rings. The molecule has 1 aliphatic heterocycles. The van der Waals surface area contributed by atoms with Crippen molar-refractivity contribution in [2.24, 2.45) is 5.92 Å². The standard InChI is InChI=1S/C27H38FN5O6/c1-15-20-18(22(34)33(25(37)32(20)17-8-9-17)30-24(36)39-27(5,6)7)12-19(28)21(15)31-11-10-16(14-31)13-29-23(35)38-26(2,3)4/h12,16-17H,8-11,13-14H2,1-7H3,(H,29,35)(H,30,36). The molecule has 1 unspecified atom stereocenters. The minimum absolute atomic E-state index is 0.00125. The van der Waals surface area contributed by atoms with Crippen LogP contribution in [0.25, 0.3) is 10.9 Å². The largest absolute Gasteiger partial charge is 0.444 e. The van der Waals surface area contributed by atoms with E-state index in [4.69, 9.17) is 9.47 Å². The molecule has 2 N–H and O–H groups in total. The predicted molar refractivity (Wildman–Crippen MR) is 146 cm³/mol. The highest BCUT2D eigenvalue weighted by Crippen LogP contribution is 2.39. The first-order chi connectivity index (χ1) is 18.1. The van der Waals surface area contributed by atoms with Gasteiger partial charge in [-0.1, -0.05) is 0 Å². The lowest BCUT2D eigenvalue weighted by Crippen LogP contribution is -2.48. The smallest absolute Gasteiger partial charge is 0.427 e. The molecule has 1 saturated carbocycles. The van der Waals surface area contributed by atoms with Crippen LogP contribution in [-0.4, -0.2) is 52.3 Å². The molecule has 1 aromatic carbocycles. The fourth-order valence-corrected chi connectivity index (χ4v) is 4.94. The molecule has 39 heavy (non-hydrogen) atoms. The Morgan fingerprint density at radius 3 is 2.23 bits per heavy atom. The van der Waals surface area contributed by atoms with Crippen molar-refractivity contribution >= 4 is 28.8 Å². The number of carbonyl (C=O) groups is 2. The molecule has 4 rings (SSSR count). The van der Waals surface area contributed by atoms with Crippen LogP contribution >= 0.6 is 0 Å². The van der Waals surface area contributed by atoms with E-state index in [1.807, 2.05) is 4.90 Å². The van der Waals surface area contributed by atoms with Gasteiger partial charge in [0.25, 0.3) is 5.56 Å². The maximum absolute atomic E-state index is 15.6. The molecule has 1 atom stereocenters. The molecule has 0 spiro atoms. The third kappa shape index (κ3) is 6.36. The second-order valence-electron chi connectivity index (χ2n) is 12.3. The van der Waals surface area contributed by atoms with Crippen LogP contribution in [-0.2, 0) is 9.47 Å². The first kappa shape index (κ1) is 28.4. The Balaban J connectivity index is 1.66. The summed E-state index contributed by atoms with van der Waals surface area (Å²) in [4.78, 5) is 53.1. The lowest BCUT2D eigenvalue weighted by Gasteiger charge is -2.25. The van der Waals surface area contributed by atoms with Gasteiger partial charge in [-0.25, -0.2) is 24.2 Å². The molecule has 2 heterocycles. The van der Waals surface area contributed by atoms with E-state index >= 15 is 4.39 Å². The zero-order chi connectivity index (χ0) is 28.9. The van der Waals surface area contributed by atoms with Crippen molar-refractivity contribution < 1.29 is 23.5 Å². The van der Waals surface area contributed by atoms with Crippen LogP contribution in [0, 0.1) is 18.7 Å². The second-order valence-corrected chi connectivity index (χ2v) is 12.3. The van der Waals surface area contributed by atoms with Crippen molar-refractivity contribution in [2.75, 3.05) is 30.0 Å². The minimum atomic E-state index is -0.958. The summed E-state index contributed by atoms with van der Waals surface area (Å²) < 4.78 is 28.2. The number of nitrogens with one attached hydrogen (secondary N) is 2. The van der Waals surface area contributed by atoms with Crippen LogP contribution in [0.15, 0.2) is 15.7 Å². The Bertz CT molecular complexity index is 1410. The highest BCUT2D eigenvalue weighted by Gasteiger charge is 2.33. The number of anilines is 1. The molecule has 1 saturated heterocycles. The molecule has 1 aliphatic carbocycles. The van der Waals surface area contributed by atoms with Crippen LogP contribution in [0.5, 0.6) is 0 Å². The number of hydrogen-bond acceptors (Lipinski definition) is 7. The van der Waals surface area contributed by atoms with Gasteiger partial charge in [-0.05, 0) is 79.7 Å². The Kier molecular flexibility index (Phi) is 7.44. The second kappa shape index (κ2) is 10.2. The van der Waals surface area contributed by atoms with E-state index < -0.39 is 40.5 Å². The van der Waals surface area contributed by atoms with Gasteiger partial charge in [-0.2, -0.15) is 4.68 Å². The Morgan fingerprint density at radius 2 is 1.64 bits per heavy atom. The lowest BCUT2D eigenvalue weighted by molar-refractivity contribution is 0.0519. The third-order valence-electron chi connectivity index (χ3n) is 6.58. The summed E-state index contributed by atoms with van der Waals surface area (Å²) in [6.07, 6.45) is 0.727. The zero-order valence-corrected chi connectivity index (χ0v) is 23.6. The lowest BCUT2D eigenvalue weighted by atomic mass is 10.1. The third-order valence-corrected chi connectivity index (χ3v) is 6.58. The quantitative estimate of drug-likeness (QED) is 0.584. The van der Waals surface area contributed by atoms with Gasteiger partial charge in [0.05, 0.1) is 16.6 Å². The number of amides is 2. The first-order valence-electron chi connectivity index (χ1n) is 13.3. The number of hydrogen-bond donors (Lipinski definition) is 2. The fourth-order valence-electron chi connectivity index (χ4n) is 4.94. The van der Waals surface area contributed by atoms with E-state index in [1.165, 1.54) is 4.57 Å². The molecule has 1 aromatic heterocycles. The summed E-state index contributed by atoms with van der Waals surface area (Å²) in [6, 6.07) is 0.978. The van der Waals surface area contributed by atoms with Crippen molar-refractivity contribution in [1.29, 1.82) is 0 Å². The molecule has 214 valence electrons. The summed E-state index contributed by atoms with van der Waals surface area (Å²) in [6.45, 7) is 13.5. The Morgan fingerprint density at radius 1 is 1.03 bits per heavy atom. The number of ether oxygens (including phenoxy) is 2. The van der Waals surface area contributed by atoms with Gasteiger partial charge in [0.2, 0.25) is 0 Å². The molecule has 0 radical (unpaired) electrons. The maximum atomic E-state index is 15.6. The normalized spacial score (nSPS) is 17.8. The average molecular weight is 548 g/mol. The number of benzene rings is 1. The van der Waals surface area contributed by atoms with Gasteiger partial charge in [0.15, 0.2) is 0 Å². The minimum Gasteiger partial charge on any atom is -0.444 e. The molecule has 12 heteroatoms. The maximum Gasteiger partial charge on any atom is 0.427 e. The SMILES string of the molecule is Cc1c(N2CCC(CNC(=O)OC(C)(C)C)C2)c(F)cc2c(=O)n(NC(=O)OC(C)(C)C)c(=O)n(C3CC3)c12. The van der Waals surface area contributed by atoms with Gasteiger partial charge in [-0.15, -0.1) is 0 Å². The van der Waals surface area contributed by atoms with Crippen LogP contribution in [0.4, 0.5) is 19.7 Å². The summed E-state index contributed by atoms with van der Waals surface area (Å²) in [7, 11) is 0. The van der Waals surface area contributed by atoms with Gasteiger partial charge in [-0.3, -0.25) is 9.36 Å². The molecule has 2 fully saturated rings. The molecular weight excluding hydrogens is 509 g/mol. The van der Waals surface area contributed by atoms with Crippen molar-refractivity contribution in [3.05, 3.63) is 38.3 Å². The molecular formula is C27H38FN5O6. The van der Waals surface area contributed by atoms with Gasteiger partial charge < -0.3 is 19.7 Å². The number of fused-ring (bicyclic) bond motifs is 1. The molecule has 0 bridgehead atoms. The summed E-state index contributed by atoms with van der Waals surface area (Å²) >= 11 is 0. The molecule has 2 amide bonds. The first-order valence-corrected chi connectivity index (χ1v) is 13.3. The van der Waals surface area contributed by atoms with E-state index in [0.29, 0.717) is 41.1 Å². The van der Waals surface area contributed by atoms with Crippen molar-refractivity contribution in [3.8, 4) is 0 Å². The van der Waals surface area contributed by atoms with Gasteiger partial charge in [0.1, 0.15) is 17.0 Å². The van der Waals surface area contributed by atoms with Crippen LogP contribution in [0.3, 0.4) is 0 Å². The number of rotatable bonds is 5. The summed E-state index contributed by atoms with van der Waals surface area (Å²) in [5, 5.41) is 2.78. The molecule has 11 nitrogen and oxygen atoms in total. The highest BCUT2D eigenvalue weighted by atomic mass is 19.1. The number of halogens is 1. The van der Waals surface area contributed by atoms with E-state index in [-0.39, 0.29) is 17.3 Å². The highest BCUT2D eigenvalue weighted by molar-refractivity contribution is 5.88. The number of nitrogens with zero attached hydrogens (tertiary/aromatic N) is 3.